The van der Waals surface area contributed by atoms with E-state index in [0.717, 1.165) is 10.4 Å². The molecule has 0 fully saturated rings. The molecule has 0 unspecified atom stereocenters. The van der Waals surface area contributed by atoms with Gasteiger partial charge in [-0.25, -0.2) is 4.79 Å². The third-order valence-electron chi connectivity index (χ3n) is 4.46. The largest absolute Gasteiger partial charge is 0.462 e. The second-order valence-corrected chi connectivity index (χ2v) is 7.78. The topological polar surface area (TPSA) is 79.0 Å². The highest BCUT2D eigenvalue weighted by Gasteiger charge is 2.21. The molecular formula is C22H29N3O4S. The number of nitrogens with one attached hydrogen (secondary N) is 1. The Balaban J connectivity index is 2.12. The van der Waals surface area contributed by atoms with Crippen LogP contribution in [-0.4, -0.2) is 67.4 Å². The van der Waals surface area contributed by atoms with E-state index in [1.807, 2.05) is 44.2 Å². The number of hydrogen-bond acceptors (Lipinski definition) is 6. The molecule has 1 aromatic heterocycles. The van der Waals surface area contributed by atoms with E-state index in [9.17, 15) is 14.4 Å². The van der Waals surface area contributed by atoms with Gasteiger partial charge in [0.2, 0.25) is 11.8 Å². The predicted molar refractivity (Wildman–Crippen MR) is 120 cm³/mol. The molecule has 0 aliphatic carbocycles. The van der Waals surface area contributed by atoms with Crippen molar-refractivity contribution < 1.29 is 19.1 Å². The third kappa shape index (κ3) is 6.40. The Morgan fingerprint density at radius 2 is 1.70 bits per heavy atom. The number of benzene rings is 1. The molecule has 1 heterocycles. The molecule has 0 aliphatic rings. The lowest BCUT2D eigenvalue weighted by Gasteiger charge is -2.22. The maximum atomic E-state index is 12.6. The molecule has 30 heavy (non-hydrogen) atoms. The highest BCUT2D eigenvalue weighted by molar-refractivity contribution is 7.18. The van der Waals surface area contributed by atoms with Crippen LogP contribution >= 0.6 is 11.3 Å². The van der Waals surface area contributed by atoms with Gasteiger partial charge in [-0.2, -0.15) is 0 Å². The number of carbonyl (C=O) groups is 3. The molecule has 2 amide bonds. The lowest BCUT2D eigenvalue weighted by molar-refractivity contribution is -0.132. The van der Waals surface area contributed by atoms with Gasteiger partial charge in [-0.3, -0.25) is 14.5 Å². The van der Waals surface area contributed by atoms with Crippen LogP contribution in [0.5, 0.6) is 0 Å². The summed E-state index contributed by atoms with van der Waals surface area (Å²) < 4.78 is 5.14. The maximum Gasteiger partial charge on any atom is 0.350 e. The Morgan fingerprint density at radius 1 is 1.03 bits per heavy atom. The van der Waals surface area contributed by atoms with E-state index in [1.165, 1.54) is 11.3 Å². The molecule has 1 aromatic carbocycles. The van der Waals surface area contributed by atoms with E-state index in [4.69, 9.17) is 4.74 Å². The zero-order chi connectivity index (χ0) is 22.1. The molecule has 162 valence electrons. The van der Waals surface area contributed by atoms with Gasteiger partial charge in [0, 0.05) is 18.0 Å². The van der Waals surface area contributed by atoms with Crippen LogP contribution < -0.4 is 5.32 Å². The van der Waals surface area contributed by atoms with Crippen molar-refractivity contribution >= 4 is 34.8 Å². The standard InChI is InChI=1S/C22H29N3O4S/c1-5-25(6-2)20(27)15-24(4)14-19(26)23-17-13-18(16-11-9-8-10-12-16)30-21(17)22(28)29-7-3/h8-13H,5-7,14-15H2,1-4H3,(H,23,26). The fourth-order valence-corrected chi connectivity index (χ4v) is 3.99. The van der Waals surface area contributed by atoms with Gasteiger partial charge in [0.25, 0.3) is 0 Å². The van der Waals surface area contributed by atoms with Gasteiger partial charge < -0.3 is 15.0 Å². The van der Waals surface area contributed by atoms with Gasteiger partial charge in [-0.1, -0.05) is 30.3 Å². The number of carbonyl (C=O) groups excluding carboxylic acids is 3. The van der Waals surface area contributed by atoms with Crippen molar-refractivity contribution in [2.75, 3.05) is 45.2 Å². The molecular weight excluding hydrogens is 402 g/mol. The number of amides is 2. The van der Waals surface area contributed by atoms with Crippen LogP contribution in [0.15, 0.2) is 36.4 Å². The summed E-state index contributed by atoms with van der Waals surface area (Å²) in [5.74, 6) is -0.790. The molecule has 2 rings (SSSR count). The van der Waals surface area contributed by atoms with Crippen molar-refractivity contribution in [3.8, 4) is 10.4 Å². The lowest BCUT2D eigenvalue weighted by Crippen LogP contribution is -2.41. The minimum Gasteiger partial charge on any atom is -0.462 e. The van der Waals surface area contributed by atoms with E-state index in [1.54, 1.807) is 29.8 Å². The summed E-state index contributed by atoms with van der Waals surface area (Å²) >= 11 is 1.28. The Morgan fingerprint density at radius 3 is 2.30 bits per heavy atom. The first-order valence-corrected chi connectivity index (χ1v) is 10.8. The zero-order valence-electron chi connectivity index (χ0n) is 17.9. The molecule has 0 atom stereocenters. The quantitative estimate of drug-likeness (QED) is 0.584. The molecule has 0 saturated carbocycles. The second kappa shape index (κ2) is 11.5. The van der Waals surface area contributed by atoms with Gasteiger partial charge in [-0.15, -0.1) is 11.3 Å². The summed E-state index contributed by atoms with van der Waals surface area (Å²) in [6.07, 6.45) is 0. The van der Waals surface area contributed by atoms with E-state index in [-0.39, 0.29) is 31.5 Å². The first kappa shape index (κ1) is 23.6. The molecule has 0 aliphatic heterocycles. The predicted octanol–water partition coefficient (Wildman–Crippen LogP) is 3.33. The molecule has 0 radical (unpaired) electrons. The molecule has 1 N–H and O–H groups in total. The van der Waals surface area contributed by atoms with Crippen LogP contribution in [0.3, 0.4) is 0 Å². The SMILES string of the molecule is CCOC(=O)c1sc(-c2ccccc2)cc1NC(=O)CN(C)CC(=O)N(CC)CC. The Hall–Kier alpha value is -2.71. The van der Waals surface area contributed by atoms with Gasteiger partial charge in [-0.05, 0) is 39.4 Å². The highest BCUT2D eigenvalue weighted by Crippen LogP contribution is 2.35. The Bertz CT molecular complexity index is 863. The number of nitrogens with zero attached hydrogens (tertiary/aromatic N) is 2. The number of thiophene rings is 1. The fourth-order valence-electron chi connectivity index (χ4n) is 2.97. The summed E-state index contributed by atoms with van der Waals surface area (Å²) in [6, 6.07) is 11.4. The average molecular weight is 432 g/mol. The average Bonchev–Trinajstić information content (AvgIpc) is 3.13. The van der Waals surface area contributed by atoms with E-state index < -0.39 is 5.97 Å². The summed E-state index contributed by atoms with van der Waals surface area (Å²) in [5, 5.41) is 2.81. The number of likely N-dealkylation sites (N-methyl/N-ethyl adjacent to an activating group) is 2. The summed E-state index contributed by atoms with van der Waals surface area (Å²) in [7, 11) is 1.72. The van der Waals surface area contributed by atoms with Gasteiger partial charge in [0.1, 0.15) is 4.88 Å². The minimum absolute atomic E-state index is 0.0237. The smallest absolute Gasteiger partial charge is 0.350 e. The van der Waals surface area contributed by atoms with Crippen LogP contribution in [0.4, 0.5) is 5.69 Å². The highest BCUT2D eigenvalue weighted by atomic mass is 32.1. The molecule has 2 aromatic rings. The van der Waals surface area contributed by atoms with E-state index in [2.05, 4.69) is 5.32 Å². The second-order valence-electron chi connectivity index (χ2n) is 6.73. The van der Waals surface area contributed by atoms with E-state index >= 15 is 0 Å². The number of ether oxygens (including phenoxy) is 1. The third-order valence-corrected chi connectivity index (χ3v) is 5.62. The molecule has 7 nitrogen and oxygen atoms in total. The number of esters is 1. The minimum atomic E-state index is -0.468. The van der Waals surface area contributed by atoms with Gasteiger partial charge >= 0.3 is 5.97 Å². The van der Waals surface area contributed by atoms with Crippen molar-refractivity contribution in [3.63, 3.8) is 0 Å². The fraction of sp³-hybridized carbons (Fsp3) is 0.409. The lowest BCUT2D eigenvalue weighted by atomic mass is 10.2. The summed E-state index contributed by atoms with van der Waals surface area (Å²) in [6.45, 7) is 7.29. The number of rotatable bonds is 10. The molecule has 0 bridgehead atoms. The van der Waals surface area contributed by atoms with Crippen molar-refractivity contribution in [2.45, 2.75) is 20.8 Å². The normalized spacial score (nSPS) is 10.7. The van der Waals surface area contributed by atoms with Crippen LogP contribution in [0.1, 0.15) is 30.4 Å². The van der Waals surface area contributed by atoms with Crippen molar-refractivity contribution in [2.24, 2.45) is 0 Å². The Labute approximate surface area is 181 Å². The Kier molecular flexibility index (Phi) is 9.01. The van der Waals surface area contributed by atoms with Crippen molar-refractivity contribution in [1.29, 1.82) is 0 Å². The van der Waals surface area contributed by atoms with Crippen LogP contribution in [0.25, 0.3) is 10.4 Å². The van der Waals surface area contributed by atoms with Gasteiger partial charge in [0.05, 0.1) is 25.4 Å². The maximum absolute atomic E-state index is 12.6. The van der Waals surface area contributed by atoms with Crippen molar-refractivity contribution in [3.05, 3.63) is 41.3 Å². The number of hydrogen-bond donors (Lipinski definition) is 1. The first-order chi connectivity index (χ1) is 14.4. The summed E-state index contributed by atoms with van der Waals surface area (Å²) in [5.41, 5.74) is 1.38. The number of anilines is 1. The summed E-state index contributed by atoms with van der Waals surface area (Å²) in [4.78, 5) is 41.8. The zero-order valence-corrected chi connectivity index (χ0v) is 18.8. The monoisotopic (exact) mass is 431 g/mol. The van der Waals surface area contributed by atoms with Gasteiger partial charge in [0.15, 0.2) is 0 Å². The van der Waals surface area contributed by atoms with Crippen LogP contribution in [0.2, 0.25) is 0 Å². The van der Waals surface area contributed by atoms with Crippen LogP contribution in [-0.2, 0) is 14.3 Å². The molecule has 0 spiro atoms. The van der Waals surface area contributed by atoms with Crippen molar-refractivity contribution in [1.82, 2.24) is 9.80 Å². The first-order valence-electron chi connectivity index (χ1n) is 10.0. The molecule has 8 heteroatoms. The molecule has 0 saturated heterocycles. The van der Waals surface area contributed by atoms with E-state index in [0.29, 0.717) is 23.7 Å². The van der Waals surface area contributed by atoms with Crippen LogP contribution in [0, 0.1) is 0 Å².